The van der Waals surface area contributed by atoms with Crippen LogP contribution < -0.4 is 10.1 Å². The maximum atomic E-state index is 13.7. The van der Waals surface area contributed by atoms with Crippen LogP contribution in [0.5, 0.6) is 5.75 Å². The number of ether oxygens (including phenoxy) is 1. The molecule has 29 heavy (non-hydrogen) atoms. The van der Waals surface area contributed by atoms with Gasteiger partial charge in [-0.3, -0.25) is 14.6 Å². The summed E-state index contributed by atoms with van der Waals surface area (Å²) in [5, 5.41) is 3.17. The summed E-state index contributed by atoms with van der Waals surface area (Å²) in [4.78, 5) is 17.5. The Kier molecular flexibility index (Phi) is 6.11. The van der Waals surface area contributed by atoms with Crippen molar-refractivity contribution in [3.8, 4) is 5.75 Å². The Morgan fingerprint density at radius 2 is 1.86 bits per heavy atom. The van der Waals surface area contributed by atoms with Crippen molar-refractivity contribution in [3.63, 3.8) is 0 Å². The zero-order chi connectivity index (χ0) is 20.2. The molecule has 2 fully saturated rings. The van der Waals surface area contributed by atoms with E-state index in [2.05, 4.69) is 15.1 Å². The van der Waals surface area contributed by atoms with Crippen molar-refractivity contribution in [2.24, 2.45) is 0 Å². The zero-order valence-electron chi connectivity index (χ0n) is 16.8. The van der Waals surface area contributed by atoms with Gasteiger partial charge in [0.15, 0.2) is 0 Å². The molecule has 4 rings (SSSR count). The highest BCUT2D eigenvalue weighted by atomic mass is 19.1. The fourth-order valence-electron chi connectivity index (χ4n) is 3.96. The molecule has 0 aromatic heterocycles. The van der Waals surface area contributed by atoms with Gasteiger partial charge in [0.25, 0.3) is 0 Å². The number of methoxy groups -OCH3 is 1. The number of nitrogens with zero attached hydrogens (tertiary/aromatic N) is 2. The van der Waals surface area contributed by atoms with E-state index in [9.17, 15) is 9.18 Å². The van der Waals surface area contributed by atoms with E-state index in [1.807, 2.05) is 30.3 Å². The van der Waals surface area contributed by atoms with E-state index in [1.54, 1.807) is 19.2 Å². The van der Waals surface area contributed by atoms with E-state index in [-0.39, 0.29) is 17.8 Å². The Morgan fingerprint density at radius 1 is 1.14 bits per heavy atom. The SMILES string of the molecule is COc1ccc(F)cc1CN1CCN([C@H](C(=O)NC2CC2)c2ccccc2)CC1. The van der Waals surface area contributed by atoms with Crippen LogP contribution in [-0.4, -0.2) is 55.0 Å². The van der Waals surface area contributed by atoms with Gasteiger partial charge in [0.05, 0.1) is 7.11 Å². The van der Waals surface area contributed by atoms with Crippen molar-refractivity contribution >= 4 is 5.91 Å². The molecule has 0 spiro atoms. The molecule has 1 saturated carbocycles. The molecular weight excluding hydrogens is 369 g/mol. The lowest BCUT2D eigenvalue weighted by Gasteiger charge is -2.39. The first-order valence-electron chi connectivity index (χ1n) is 10.3. The van der Waals surface area contributed by atoms with E-state index in [1.165, 1.54) is 6.07 Å². The van der Waals surface area contributed by atoms with E-state index in [0.717, 1.165) is 50.1 Å². The average Bonchev–Trinajstić information content (AvgIpc) is 3.54. The first-order chi connectivity index (χ1) is 14.1. The molecule has 6 heteroatoms. The van der Waals surface area contributed by atoms with Crippen LogP contribution in [0.1, 0.15) is 30.0 Å². The summed E-state index contributed by atoms with van der Waals surface area (Å²) in [7, 11) is 1.61. The quantitative estimate of drug-likeness (QED) is 0.780. The van der Waals surface area contributed by atoms with Crippen LogP contribution >= 0.6 is 0 Å². The van der Waals surface area contributed by atoms with E-state index in [4.69, 9.17) is 4.74 Å². The number of piperazine rings is 1. The van der Waals surface area contributed by atoms with Crippen LogP contribution in [0.15, 0.2) is 48.5 Å². The monoisotopic (exact) mass is 397 g/mol. The van der Waals surface area contributed by atoms with Gasteiger partial charge in [-0.2, -0.15) is 0 Å². The van der Waals surface area contributed by atoms with Gasteiger partial charge in [-0.25, -0.2) is 4.39 Å². The minimum atomic E-state index is -0.261. The lowest BCUT2D eigenvalue weighted by Crippen LogP contribution is -2.51. The molecule has 1 aliphatic carbocycles. The van der Waals surface area contributed by atoms with Crippen LogP contribution in [0.2, 0.25) is 0 Å². The molecule has 1 N–H and O–H groups in total. The smallest absolute Gasteiger partial charge is 0.242 e. The molecule has 154 valence electrons. The Labute approximate surface area is 171 Å². The molecule has 1 aliphatic heterocycles. The van der Waals surface area contributed by atoms with Crippen LogP contribution in [0.3, 0.4) is 0 Å². The molecule has 1 saturated heterocycles. The minimum Gasteiger partial charge on any atom is -0.496 e. The van der Waals surface area contributed by atoms with Gasteiger partial charge >= 0.3 is 0 Å². The molecule has 1 heterocycles. The number of rotatable bonds is 7. The predicted octanol–water partition coefficient (Wildman–Crippen LogP) is 2.97. The number of hydrogen-bond acceptors (Lipinski definition) is 4. The van der Waals surface area contributed by atoms with Crippen molar-refractivity contribution in [1.82, 2.24) is 15.1 Å². The van der Waals surface area contributed by atoms with Crippen molar-refractivity contribution in [3.05, 3.63) is 65.5 Å². The summed E-state index contributed by atoms with van der Waals surface area (Å²) in [5.74, 6) is 0.555. The highest BCUT2D eigenvalue weighted by Crippen LogP contribution is 2.27. The van der Waals surface area contributed by atoms with E-state index >= 15 is 0 Å². The maximum Gasteiger partial charge on any atom is 0.242 e. The van der Waals surface area contributed by atoms with Crippen LogP contribution in [0.4, 0.5) is 4.39 Å². The first kappa shape index (κ1) is 19.9. The number of nitrogens with one attached hydrogen (secondary N) is 1. The molecule has 0 unspecified atom stereocenters. The Morgan fingerprint density at radius 3 is 2.52 bits per heavy atom. The second kappa shape index (κ2) is 8.93. The highest BCUT2D eigenvalue weighted by molar-refractivity contribution is 5.83. The van der Waals surface area contributed by atoms with Gasteiger partial charge in [0.1, 0.15) is 17.6 Å². The molecular formula is C23H28FN3O2. The van der Waals surface area contributed by atoms with Crippen LogP contribution in [0, 0.1) is 5.82 Å². The number of hydrogen-bond donors (Lipinski definition) is 1. The summed E-state index contributed by atoms with van der Waals surface area (Å²) in [5.41, 5.74) is 1.89. The summed E-state index contributed by atoms with van der Waals surface area (Å²) in [6.45, 7) is 3.85. The molecule has 2 aromatic rings. The topological polar surface area (TPSA) is 44.8 Å². The predicted molar refractivity (Wildman–Crippen MR) is 110 cm³/mol. The van der Waals surface area contributed by atoms with E-state index in [0.29, 0.717) is 18.3 Å². The molecule has 2 aliphatic rings. The number of carbonyl (C=O) groups excluding carboxylic acids is 1. The normalized spacial score (nSPS) is 19.0. The summed E-state index contributed by atoms with van der Waals surface area (Å²) in [6.07, 6.45) is 2.16. The van der Waals surface area contributed by atoms with Crippen molar-refractivity contribution in [2.75, 3.05) is 33.3 Å². The van der Waals surface area contributed by atoms with Gasteiger partial charge in [-0.05, 0) is 36.6 Å². The Balaban J connectivity index is 1.42. The van der Waals surface area contributed by atoms with Gasteiger partial charge in [-0.1, -0.05) is 30.3 Å². The Bertz CT molecular complexity index is 833. The molecule has 1 amide bonds. The maximum absolute atomic E-state index is 13.7. The number of carbonyl (C=O) groups is 1. The first-order valence-corrected chi connectivity index (χ1v) is 10.3. The standard InChI is InChI=1S/C23H28FN3O2/c1-29-21-10-7-19(24)15-18(21)16-26-11-13-27(14-12-26)22(17-5-3-2-4-6-17)23(28)25-20-8-9-20/h2-7,10,15,20,22H,8-9,11-14,16H2,1H3,(H,25,28)/t22-/m0/s1. The third-order valence-corrected chi connectivity index (χ3v) is 5.70. The Hall–Kier alpha value is -2.44. The van der Waals surface area contributed by atoms with Gasteiger partial charge in [-0.15, -0.1) is 0 Å². The van der Waals surface area contributed by atoms with Crippen molar-refractivity contribution in [1.29, 1.82) is 0 Å². The summed E-state index contributed by atoms with van der Waals surface area (Å²) < 4.78 is 19.0. The third kappa shape index (κ3) is 4.95. The van der Waals surface area contributed by atoms with Crippen LogP contribution in [0.25, 0.3) is 0 Å². The number of halogens is 1. The minimum absolute atomic E-state index is 0.0962. The highest BCUT2D eigenvalue weighted by Gasteiger charge is 2.33. The fourth-order valence-corrected chi connectivity index (χ4v) is 3.96. The lowest BCUT2D eigenvalue weighted by atomic mass is 10.0. The molecule has 0 radical (unpaired) electrons. The second-order valence-electron chi connectivity index (χ2n) is 7.86. The number of amides is 1. The van der Waals surface area contributed by atoms with Crippen LogP contribution in [-0.2, 0) is 11.3 Å². The number of benzene rings is 2. The molecule has 0 bridgehead atoms. The van der Waals surface area contributed by atoms with Gasteiger partial charge in [0, 0.05) is 44.3 Å². The molecule has 5 nitrogen and oxygen atoms in total. The molecule has 1 atom stereocenters. The largest absolute Gasteiger partial charge is 0.496 e. The average molecular weight is 397 g/mol. The zero-order valence-corrected chi connectivity index (χ0v) is 16.8. The van der Waals surface area contributed by atoms with Crippen molar-refractivity contribution < 1.29 is 13.9 Å². The van der Waals surface area contributed by atoms with Gasteiger partial charge in [0.2, 0.25) is 5.91 Å². The third-order valence-electron chi connectivity index (χ3n) is 5.70. The molecule has 2 aromatic carbocycles. The fraction of sp³-hybridized carbons (Fsp3) is 0.435. The van der Waals surface area contributed by atoms with E-state index < -0.39 is 0 Å². The lowest BCUT2D eigenvalue weighted by molar-refractivity contribution is -0.127. The second-order valence-corrected chi connectivity index (χ2v) is 7.86. The van der Waals surface area contributed by atoms with Gasteiger partial charge < -0.3 is 10.1 Å². The summed E-state index contributed by atoms with van der Waals surface area (Å²) in [6, 6.07) is 14.7. The summed E-state index contributed by atoms with van der Waals surface area (Å²) >= 11 is 0. The van der Waals surface area contributed by atoms with Crippen molar-refractivity contribution in [2.45, 2.75) is 31.5 Å².